The van der Waals surface area contributed by atoms with Crippen LogP contribution in [0, 0.1) is 0 Å². The van der Waals surface area contributed by atoms with E-state index >= 15 is 0 Å². The van der Waals surface area contributed by atoms with Gasteiger partial charge in [0.25, 0.3) is 0 Å². The van der Waals surface area contributed by atoms with Gasteiger partial charge < -0.3 is 9.64 Å². The molecular formula is C18H17N3O. The third-order valence-corrected chi connectivity index (χ3v) is 4.01. The molecule has 1 aliphatic heterocycles. The Kier molecular flexibility index (Phi) is 3.45. The molecule has 4 heteroatoms. The molecule has 2 heterocycles. The molecule has 1 aromatic heterocycles. The number of nitrogens with zero attached hydrogens (tertiary/aromatic N) is 3. The van der Waals surface area contributed by atoms with E-state index in [1.54, 1.807) is 0 Å². The first kappa shape index (κ1) is 13.2. The lowest BCUT2D eigenvalue weighted by atomic mass is 10.0. The normalized spacial score (nSPS) is 15.2. The number of ether oxygens (including phenoxy) is 1. The van der Waals surface area contributed by atoms with Crippen LogP contribution < -0.4 is 4.90 Å². The summed E-state index contributed by atoms with van der Waals surface area (Å²) in [6.07, 6.45) is 3.81. The van der Waals surface area contributed by atoms with Crippen molar-refractivity contribution in [1.82, 2.24) is 9.97 Å². The molecule has 1 aliphatic rings. The van der Waals surface area contributed by atoms with Crippen LogP contribution in [0.5, 0.6) is 0 Å². The fourth-order valence-electron chi connectivity index (χ4n) is 2.77. The van der Waals surface area contributed by atoms with E-state index in [4.69, 9.17) is 4.74 Å². The standard InChI is InChI=1S/C18H17N3O/c1-2-4-15-11-16(6-5-14(15)3-1)17-12-19-18(20-13-17)21-7-9-22-10-8-21/h1-6,11-13H,7-10H2. The maximum Gasteiger partial charge on any atom is 0.225 e. The minimum atomic E-state index is 0.746. The summed E-state index contributed by atoms with van der Waals surface area (Å²) in [6, 6.07) is 14.8. The van der Waals surface area contributed by atoms with E-state index in [9.17, 15) is 0 Å². The highest BCUT2D eigenvalue weighted by atomic mass is 16.5. The van der Waals surface area contributed by atoms with Gasteiger partial charge in [0.15, 0.2) is 0 Å². The molecule has 0 N–H and O–H groups in total. The van der Waals surface area contributed by atoms with Gasteiger partial charge in [0.1, 0.15) is 0 Å². The van der Waals surface area contributed by atoms with Crippen LogP contribution in [0.1, 0.15) is 0 Å². The van der Waals surface area contributed by atoms with Gasteiger partial charge in [-0.05, 0) is 22.4 Å². The lowest BCUT2D eigenvalue weighted by Crippen LogP contribution is -2.37. The quantitative estimate of drug-likeness (QED) is 0.727. The Hall–Kier alpha value is -2.46. The molecule has 0 aliphatic carbocycles. The maximum absolute atomic E-state index is 5.36. The molecule has 0 bridgehead atoms. The van der Waals surface area contributed by atoms with E-state index < -0.39 is 0 Å². The van der Waals surface area contributed by atoms with Crippen molar-refractivity contribution in [2.45, 2.75) is 0 Å². The van der Waals surface area contributed by atoms with E-state index in [1.165, 1.54) is 10.8 Å². The molecule has 0 amide bonds. The second kappa shape index (κ2) is 5.73. The van der Waals surface area contributed by atoms with E-state index in [-0.39, 0.29) is 0 Å². The van der Waals surface area contributed by atoms with Crippen molar-refractivity contribution in [2.75, 3.05) is 31.2 Å². The molecule has 110 valence electrons. The largest absolute Gasteiger partial charge is 0.378 e. The summed E-state index contributed by atoms with van der Waals surface area (Å²) >= 11 is 0. The molecule has 4 rings (SSSR count). The molecule has 22 heavy (non-hydrogen) atoms. The zero-order chi connectivity index (χ0) is 14.8. The van der Waals surface area contributed by atoms with Crippen molar-refractivity contribution in [3.8, 4) is 11.1 Å². The lowest BCUT2D eigenvalue weighted by molar-refractivity contribution is 0.122. The highest BCUT2D eigenvalue weighted by Crippen LogP contribution is 2.24. The van der Waals surface area contributed by atoms with Gasteiger partial charge in [-0.1, -0.05) is 36.4 Å². The van der Waals surface area contributed by atoms with E-state index in [0.717, 1.165) is 43.4 Å². The molecule has 3 aromatic rings. The van der Waals surface area contributed by atoms with Crippen molar-refractivity contribution < 1.29 is 4.74 Å². The summed E-state index contributed by atoms with van der Waals surface area (Å²) in [4.78, 5) is 11.2. The van der Waals surface area contributed by atoms with Crippen LogP contribution in [0.25, 0.3) is 21.9 Å². The van der Waals surface area contributed by atoms with Crippen LogP contribution in [0.15, 0.2) is 54.9 Å². The number of benzene rings is 2. The zero-order valence-electron chi connectivity index (χ0n) is 12.3. The summed E-state index contributed by atoms with van der Waals surface area (Å²) in [5, 5.41) is 2.48. The molecule has 0 saturated carbocycles. The number of morpholine rings is 1. The van der Waals surface area contributed by atoms with Gasteiger partial charge in [-0.25, -0.2) is 9.97 Å². The van der Waals surface area contributed by atoms with Crippen LogP contribution >= 0.6 is 0 Å². The zero-order valence-corrected chi connectivity index (χ0v) is 12.3. The number of fused-ring (bicyclic) bond motifs is 1. The van der Waals surface area contributed by atoms with Crippen LogP contribution in [-0.2, 0) is 4.74 Å². The Bertz CT molecular complexity index is 780. The maximum atomic E-state index is 5.36. The molecule has 4 nitrogen and oxygen atoms in total. The SMILES string of the molecule is c1ccc2cc(-c3cnc(N4CCOCC4)nc3)ccc2c1. The van der Waals surface area contributed by atoms with Gasteiger partial charge in [-0.2, -0.15) is 0 Å². The topological polar surface area (TPSA) is 38.2 Å². The third-order valence-electron chi connectivity index (χ3n) is 4.01. The molecule has 1 fully saturated rings. The molecule has 0 spiro atoms. The van der Waals surface area contributed by atoms with Crippen molar-refractivity contribution in [3.05, 3.63) is 54.9 Å². The van der Waals surface area contributed by atoms with Crippen LogP contribution in [0.3, 0.4) is 0 Å². The highest BCUT2D eigenvalue weighted by Gasteiger charge is 2.13. The van der Waals surface area contributed by atoms with Gasteiger partial charge in [0, 0.05) is 31.0 Å². The Morgan fingerprint density at radius 2 is 1.55 bits per heavy atom. The van der Waals surface area contributed by atoms with Gasteiger partial charge in [-0.15, -0.1) is 0 Å². The monoisotopic (exact) mass is 291 g/mol. The summed E-state index contributed by atoms with van der Waals surface area (Å²) in [5.74, 6) is 0.785. The smallest absolute Gasteiger partial charge is 0.225 e. The van der Waals surface area contributed by atoms with Crippen LogP contribution in [-0.4, -0.2) is 36.3 Å². The van der Waals surface area contributed by atoms with Gasteiger partial charge in [0.2, 0.25) is 5.95 Å². The fourth-order valence-corrected chi connectivity index (χ4v) is 2.77. The van der Waals surface area contributed by atoms with Crippen molar-refractivity contribution in [1.29, 1.82) is 0 Å². The lowest BCUT2D eigenvalue weighted by Gasteiger charge is -2.26. The molecule has 0 atom stereocenters. The van der Waals surface area contributed by atoms with Gasteiger partial charge in [0.05, 0.1) is 13.2 Å². The number of hydrogen-bond donors (Lipinski definition) is 0. The number of anilines is 1. The number of aromatic nitrogens is 2. The second-order valence-electron chi connectivity index (χ2n) is 5.43. The van der Waals surface area contributed by atoms with Crippen molar-refractivity contribution >= 4 is 16.7 Å². The van der Waals surface area contributed by atoms with Gasteiger partial charge >= 0.3 is 0 Å². The highest BCUT2D eigenvalue weighted by molar-refractivity contribution is 5.87. The minimum Gasteiger partial charge on any atom is -0.378 e. The Labute approximate surface area is 129 Å². The first-order valence-corrected chi connectivity index (χ1v) is 7.54. The summed E-state index contributed by atoms with van der Waals surface area (Å²) in [7, 11) is 0. The Morgan fingerprint density at radius 1 is 0.818 bits per heavy atom. The summed E-state index contributed by atoms with van der Waals surface area (Å²) < 4.78 is 5.36. The number of rotatable bonds is 2. The van der Waals surface area contributed by atoms with Crippen LogP contribution in [0.2, 0.25) is 0 Å². The average Bonchev–Trinajstić information content (AvgIpc) is 2.62. The molecule has 2 aromatic carbocycles. The Balaban J connectivity index is 1.63. The minimum absolute atomic E-state index is 0.746. The predicted octanol–water partition coefficient (Wildman–Crippen LogP) is 3.13. The number of hydrogen-bond acceptors (Lipinski definition) is 4. The molecule has 0 radical (unpaired) electrons. The molecular weight excluding hydrogens is 274 g/mol. The fraction of sp³-hybridized carbons (Fsp3) is 0.222. The third kappa shape index (κ3) is 2.53. The molecule has 1 saturated heterocycles. The second-order valence-corrected chi connectivity index (χ2v) is 5.43. The van der Waals surface area contributed by atoms with Crippen molar-refractivity contribution in [3.63, 3.8) is 0 Å². The summed E-state index contributed by atoms with van der Waals surface area (Å²) in [5.41, 5.74) is 2.19. The molecule has 0 unspecified atom stereocenters. The van der Waals surface area contributed by atoms with E-state index in [2.05, 4.69) is 57.3 Å². The first-order valence-electron chi connectivity index (χ1n) is 7.54. The Morgan fingerprint density at radius 3 is 2.32 bits per heavy atom. The van der Waals surface area contributed by atoms with Crippen LogP contribution in [0.4, 0.5) is 5.95 Å². The first-order chi connectivity index (χ1) is 10.9. The average molecular weight is 291 g/mol. The van der Waals surface area contributed by atoms with Gasteiger partial charge in [-0.3, -0.25) is 0 Å². The predicted molar refractivity (Wildman–Crippen MR) is 88.0 cm³/mol. The summed E-state index contributed by atoms with van der Waals surface area (Å²) in [6.45, 7) is 3.20. The van der Waals surface area contributed by atoms with E-state index in [1.807, 2.05) is 12.4 Å². The van der Waals surface area contributed by atoms with Crippen molar-refractivity contribution in [2.24, 2.45) is 0 Å². The van der Waals surface area contributed by atoms with E-state index in [0.29, 0.717) is 0 Å².